The molecular formula is C16H24O3. The van der Waals surface area contributed by atoms with Crippen LogP contribution >= 0.6 is 0 Å². The molecule has 0 aliphatic heterocycles. The molecule has 0 aliphatic rings. The van der Waals surface area contributed by atoms with Crippen LogP contribution in [0.4, 0.5) is 0 Å². The summed E-state index contributed by atoms with van der Waals surface area (Å²) in [6, 6.07) is 5.41. The average molecular weight is 264 g/mol. The van der Waals surface area contributed by atoms with Crippen LogP contribution in [0, 0.1) is 0 Å². The smallest absolute Gasteiger partial charge is 0.172 e. The highest BCUT2D eigenvalue weighted by molar-refractivity contribution is 5.97. The van der Waals surface area contributed by atoms with Crippen LogP contribution in [0.15, 0.2) is 18.2 Å². The molecule has 106 valence electrons. The van der Waals surface area contributed by atoms with Gasteiger partial charge in [-0.3, -0.25) is 4.79 Å². The lowest BCUT2D eigenvalue weighted by Gasteiger charge is -2.28. The third kappa shape index (κ3) is 4.93. The molecule has 3 nitrogen and oxygen atoms in total. The van der Waals surface area contributed by atoms with Crippen molar-refractivity contribution in [2.45, 2.75) is 59.7 Å². The van der Waals surface area contributed by atoms with Gasteiger partial charge in [0.25, 0.3) is 0 Å². The lowest BCUT2D eigenvalue weighted by molar-refractivity contribution is 0.0899. The molecular weight excluding hydrogens is 240 g/mol. The number of ketones is 1. The maximum atomic E-state index is 11.7. The van der Waals surface area contributed by atoms with E-state index in [0.29, 0.717) is 17.1 Å². The van der Waals surface area contributed by atoms with Crippen LogP contribution in [0.25, 0.3) is 0 Å². The third-order valence-corrected chi connectivity index (χ3v) is 2.18. The van der Waals surface area contributed by atoms with Gasteiger partial charge in [0.05, 0.1) is 5.56 Å². The van der Waals surface area contributed by atoms with Gasteiger partial charge >= 0.3 is 0 Å². The maximum absolute atomic E-state index is 11.7. The van der Waals surface area contributed by atoms with Gasteiger partial charge in [0.1, 0.15) is 11.2 Å². The van der Waals surface area contributed by atoms with E-state index in [1.54, 1.807) is 6.07 Å². The minimum Gasteiger partial charge on any atom is -0.484 e. The van der Waals surface area contributed by atoms with Crippen LogP contribution in [0.2, 0.25) is 0 Å². The van der Waals surface area contributed by atoms with Gasteiger partial charge in [0.2, 0.25) is 0 Å². The van der Waals surface area contributed by atoms with Crippen LogP contribution in [-0.2, 0) is 0 Å². The Morgan fingerprint density at radius 3 is 1.89 bits per heavy atom. The second-order valence-electron chi connectivity index (χ2n) is 6.62. The molecule has 19 heavy (non-hydrogen) atoms. The molecule has 0 saturated heterocycles. The van der Waals surface area contributed by atoms with E-state index < -0.39 is 0 Å². The average Bonchev–Trinajstić information content (AvgIpc) is 2.15. The first-order valence-electron chi connectivity index (χ1n) is 6.51. The fraction of sp³-hybridized carbons (Fsp3) is 0.562. The van der Waals surface area contributed by atoms with Gasteiger partial charge in [-0.15, -0.1) is 0 Å². The fourth-order valence-corrected chi connectivity index (χ4v) is 1.61. The summed E-state index contributed by atoms with van der Waals surface area (Å²) in [4.78, 5) is 11.7. The number of carbonyl (C=O) groups is 1. The Bertz CT molecular complexity index is 462. The number of benzene rings is 1. The van der Waals surface area contributed by atoms with Gasteiger partial charge in [-0.05, 0) is 60.6 Å². The molecule has 0 spiro atoms. The molecule has 1 rings (SSSR count). The van der Waals surface area contributed by atoms with Gasteiger partial charge in [-0.1, -0.05) is 6.07 Å². The van der Waals surface area contributed by atoms with Crippen molar-refractivity contribution in [1.29, 1.82) is 0 Å². The summed E-state index contributed by atoms with van der Waals surface area (Å²) in [5.74, 6) is 1.10. The summed E-state index contributed by atoms with van der Waals surface area (Å²) in [6.45, 7) is 13.3. The summed E-state index contributed by atoms with van der Waals surface area (Å²) in [5.41, 5.74) is -0.177. The first-order valence-corrected chi connectivity index (χ1v) is 6.51. The Morgan fingerprint density at radius 2 is 1.47 bits per heavy atom. The molecule has 1 aromatic rings. The van der Waals surface area contributed by atoms with Crippen molar-refractivity contribution in [1.82, 2.24) is 0 Å². The lowest BCUT2D eigenvalue weighted by atomic mass is 10.1. The molecule has 0 atom stereocenters. The largest absolute Gasteiger partial charge is 0.484 e. The second-order valence-corrected chi connectivity index (χ2v) is 6.62. The van der Waals surface area contributed by atoms with Gasteiger partial charge < -0.3 is 9.47 Å². The highest BCUT2D eigenvalue weighted by atomic mass is 16.5. The minimum atomic E-state index is -0.387. The Morgan fingerprint density at radius 1 is 0.947 bits per heavy atom. The van der Waals surface area contributed by atoms with Crippen molar-refractivity contribution in [3.05, 3.63) is 23.8 Å². The molecule has 0 N–H and O–H groups in total. The summed E-state index contributed by atoms with van der Waals surface area (Å²) in [5, 5.41) is 0. The quantitative estimate of drug-likeness (QED) is 0.766. The normalized spacial score (nSPS) is 12.2. The van der Waals surface area contributed by atoms with E-state index in [1.807, 2.05) is 53.7 Å². The molecule has 0 unspecified atom stereocenters. The third-order valence-electron chi connectivity index (χ3n) is 2.18. The number of Topliss-reactive ketones (excluding diaryl/α,β-unsaturated/α-hetero) is 1. The van der Waals surface area contributed by atoms with E-state index in [2.05, 4.69) is 0 Å². The number of ether oxygens (including phenoxy) is 2. The number of carbonyl (C=O) groups excluding carboxylic acids is 1. The molecule has 0 radical (unpaired) electrons. The highest BCUT2D eigenvalue weighted by Gasteiger charge is 2.23. The Labute approximate surface area is 115 Å². The number of hydrogen-bond acceptors (Lipinski definition) is 3. The predicted molar refractivity (Wildman–Crippen MR) is 77.2 cm³/mol. The van der Waals surface area contributed by atoms with Crippen LogP contribution < -0.4 is 9.47 Å². The van der Waals surface area contributed by atoms with Crippen molar-refractivity contribution in [3.63, 3.8) is 0 Å². The number of hydrogen-bond donors (Lipinski definition) is 0. The van der Waals surface area contributed by atoms with E-state index in [4.69, 9.17) is 9.47 Å². The van der Waals surface area contributed by atoms with Crippen LogP contribution in [0.3, 0.4) is 0 Å². The van der Waals surface area contributed by atoms with E-state index in [0.717, 1.165) is 0 Å². The van der Waals surface area contributed by atoms with Crippen molar-refractivity contribution in [3.8, 4) is 11.5 Å². The van der Waals surface area contributed by atoms with Crippen molar-refractivity contribution in [2.75, 3.05) is 0 Å². The van der Waals surface area contributed by atoms with Crippen LogP contribution in [0.1, 0.15) is 58.8 Å². The first-order chi connectivity index (χ1) is 8.49. The monoisotopic (exact) mass is 264 g/mol. The maximum Gasteiger partial charge on any atom is 0.172 e. The van der Waals surface area contributed by atoms with Crippen LogP contribution in [-0.4, -0.2) is 17.0 Å². The van der Waals surface area contributed by atoms with E-state index in [9.17, 15) is 4.79 Å². The second kappa shape index (κ2) is 5.24. The standard InChI is InChI=1S/C16H24O3/c1-11(17)12-9-8-10-13(18-15(2,3)4)14(12)19-16(5,6)7/h8-10H,1-7H3. The molecule has 0 aliphatic carbocycles. The highest BCUT2D eigenvalue weighted by Crippen LogP contribution is 2.36. The van der Waals surface area contributed by atoms with Crippen molar-refractivity contribution in [2.24, 2.45) is 0 Å². The minimum absolute atomic E-state index is 0.0291. The number of para-hydroxylation sites is 1. The van der Waals surface area contributed by atoms with E-state index in [-0.39, 0.29) is 17.0 Å². The topological polar surface area (TPSA) is 35.5 Å². The number of rotatable bonds is 3. The van der Waals surface area contributed by atoms with E-state index >= 15 is 0 Å². The fourth-order valence-electron chi connectivity index (χ4n) is 1.61. The van der Waals surface area contributed by atoms with Crippen LogP contribution in [0.5, 0.6) is 11.5 Å². The molecule has 0 bridgehead atoms. The Hall–Kier alpha value is -1.51. The van der Waals surface area contributed by atoms with E-state index in [1.165, 1.54) is 6.92 Å². The van der Waals surface area contributed by atoms with Gasteiger partial charge in [0, 0.05) is 0 Å². The zero-order valence-electron chi connectivity index (χ0n) is 13.0. The zero-order valence-corrected chi connectivity index (χ0v) is 13.0. The first kappa shape index (κ1) is 15.5. The molecule has 0 heterocycles. The van der Waals surface area contributed by atoms with Gasteiger partial charge in [-0.2, -0.15) is 0 Å². The van der Waals surface area contributed by atoms with Crippen molar-refractivity contribution >= 4 is 5.78 Å². The Kier molecular flexibility index (Phi) is 4.28. The SMILES string of the molecule is CC(=O)c1cccc(OC(C)(C)C)c1OC(C)(C)C. The Balaban J connectivity index is 3.30. The summed E-state index contributed by atoms with van der Waals surface area (Å²) in [7, 11) is 0. The van der Waals surface area contributed by atoms with Gasteiger partial charge in [0.15, 0.2) is 17.3 Å². The predicted octanol–water partition coefficient (Wildman–Crippen LogP) is 4.24. The molecule has 0 aromatic heterocycles. The molecule has 0 fully saturated rings. The van der Waals surface area contributed by atoms with Gasteiger partial charge in [-0.25, -0.2) is 0 Å². The summed E-state index contributed by atoms with van der Waals surface area (Å²) in [6.07, 6.45) is 0. The molecule has 1 aromatic carbocycles. The summed E-state index contributed by atoms with van der Waals surface area (Å²) < 4.78 is 11.8. The summed E-state index contributed by atoms with van der Waals surface area (Å²) >= 11 is 0. The molecule has 3 heteroatoms. The lowest BCUT2D eigenvalue weighted by Crippen LogP contribution is -2.27. The molecule has 0 amide bonds. The zero-order chi connectivity index (χ0) is 14.8. The molecule has 0 saturated carbocycles. The van der Waals surface area contributed by atoms with Crippen molar-refractivity contribution < 1.29 is 14.3 Å².